The molecule has 3 fully saturated rings. The zero-order valence-electron chi connectivity index (χ0n) is 16.1. The van der Waals surface area contributed by atoms with E-state index in [0.717, 1.165) is 51.1 Å². The van der Waals surface area contributed by atoms with Gasteiger partial charge in [-0.25, -0.2) is 4.98 Å². The minimum absolute atomic E-state index is 0.187. The second-order valence-electron chi connectivity index (χ2n) is 8.16. The molecule has 0 aromatic carbocycles. The van der Waals surface area contributed by atoms with Crippen molar-refractivity contribution in [1.82, 2.24) is 19.8 Å². The van der Waals surface area contributed by atoms with E-state index in [1.165, 1.54) is 12.8 Å². The molecule has 3 heterocycles. The van der Waals surface area contributed by atoms with E-state index in [1.807, 2.05) is 12.4 Å². The van der Waals surface area contributed by atoms with E-state index in [4.69, 9.17) is 4.74 Å². The summed E-state index contributed by atoms with van der Waals surface area (Å²) in [5, 5.41) is 3.46. The number of piperidine rings is 1. The Hall–Kier alpha value is -1.40. The normalized spacial score (nSPS) is 29.8. The number of hydrogen-bond donors (Lipinski definition) is 1. The van der Waals surface area contributed by atoms with Crippen LogP contribution >= 0.6 is 0 Å². The maximum Gasteiger partial charge on any atom is 0.252 e. The Labute approximate surface area is 156 Å². The van der Waals surface area contributed by atoms with Gasteiger partial charge in [0, 0.05) is 25.0 Å². The highest BCUT2D eigenvalue weighted by atomic mass is 16.5. The lowest BCUT2D eigenvalue weighted by atomic mass is 9.93. The Balaban J connectivity index is 1.53. The van der Waals surface area contributed by atoms with Crippen LogP contribution in [0.15, 0.2) is 12.4 Å². The second-order valence-corrected chi connectivity index (χ2v) is 8.16. The summed E-state index contributed by atoms with van der Waals surface area (Å²) in [6.07, 6.45) is 10.2. The number of aryl methyl sites for hydroxylation is 1. The highest BCUT2D eigenvalue weighted by molar-refractivity contribution is 5.82. The fourth-order valence-corrected chi connectivity index (χ4v) is 4.88. The van der Waals surface area contributed by atoms with Crippen molar-refractivity contribution in [2.75, 3.05) is 13.1 Å². The van der Waals surface area contributed by atoms with E-state index in [0.29, 0.717) is 18.0 Å². The molecule has 3 aliphatic rings. The molecule has 1 spiro atoms. The minimum atomic E-state index is -0.260. The first-order valence-corrected chi connectivity index (χ1v) is 10.3. The maximum absolute atomic E-state index is 13.4. The number of rotatable bonds is 6. The molecule has 6 heteroatoms. The van der Waals surface area contributed by atoms with Gasteiger partial charge in [-0.3, -0.25) is 4.79 Å². The molecule has 1 amide bonds. The minimum Gasteiger partial charge on any atom is -0.365 e. The highest BCUT2D eigenvalue weighted by Gasteiger charge is 2.58. The predicted octanol–water partition coefficient (Wildman–Crippen LogP) is 2.33. The lowest BCUT2D eigenvalue weighted by Gasteiger charge is -2.31. The first-order valence-electron chi connectivity index (χ1n) is 10.3. The number of ether oxygens (including phenoxy) is 1. The third kappa shape index (κ3) is 3.29. The van der Waals surface area contributed by atoms with Crippen molar-refractivity contribution in [1.29, 1.82) is 0 Å². The number of aromatic nitrogens is 2. The van der Waals surface area contributed by atoms with Crippen LogP contribution in [0.1, 0.15) is 58.2 Å². The lowest BCUT2D eigenvalue weighted by molar-refractivity contribution is -0.145. The van der Waals surface area contributed by atoms with E-state index in [9.17, 15) is 4.79 Å². The summed E-state index contributed by atoms with van der Waals surface area (Å²) >= 11 is 0. The molecule has 2 aliphatic heterocycles. The SMILES string of the molecule is CCC1CCC(C(=O)N(Cc2nccn2CC)C2CC23CCNCC3)O1. The number of carbonyl (C=O) groups is 1. The van der Waals surface area contributed by atoms with Crippen LogP contribution in [0.3, 0.4) is 0 Å². The first-order chi connectivity index (χ1) is 12.7. The van der Waals surface area contributed by atoms with Crippen molar-refractivity contribution in [3.8, 4) is 0 Å². The first kappa shape index (κ1) is 18.0. The predicted molar refractivity (Wildman–Crippen MR) is 99.6 cm³/mol. The Morgan fingerprint density at radius 1 is 1.38 bits per heavy atom. The number of nitrogens with one attached hydrogen (secondary N) is 1. The molecule has 1 aromatic rings. The number of amides is 1. The van der Waals surface area contributed by atoms with Crippen LogP contribution < -0.4 is 5.32 Å². The summed E-state index contributed by atoms with van der Waals surface area (Å²) in [6.45, 7) is 7.89. The summed E-state index contributed by atoms with van der Waals surface area (Å²) in [6, 6.07) is 0.350. The molecule has 1 N–H and O–H groups in total. The van der Waals surface area contributed by atoms with Crippen LogP contribution in [0.25, 0.3) is 0 Å². The van der Waals surface area contributed by atoms with Gasteiger partial charge in [-0.1, -0.05) is 6.92 Å². The molecule has 0 radical (unpaired) electrons. The average Bonchev–Trinajstić information content (AvgIpc) is 3.07. The van der Waals surface area contributed by atoms with Gasteiger partial charge >= 0.3 is 0 Å². The lowest BCUT2D eigenvalue weighted by Crippen LogP contribution is -2.44. The molecule has 1 aliphatic carbocycles. The summed E-state index contributed by atoms with van der Waals surface area (Å²) < 4.78 is 8.19. The highest BCUT2D eigenvalue weighted by Crippen LogP contribution is 2.56. The number of hydrogen-bond acceptors (Lipinski definition) is 4. The molecule has 2 saturated heterocycles. The van der Waals surface area contributed by atoms with E-state index in [1.54, 1.807) is 0 Å². The third-order valence-corrected chi connectivity index (χ3v) is 6.70. The van der Waals surface area contributed by atoms with E-state index in [-0.39, 0.29) is 18.1 Å². The van der Waals surface area contributed by atoms with Crippen LogP contribution in [-0.2, 0) is 22.6 Å². The molecule has 1 saturated carbocycles. The quantitative estimate of drug-likeness (QED) is 0.846. The Morgan fingerprint density at radius 3 is 2.88 bits per heavy atom. The van der Waals surface area contributed by atoms with E-state index in [2.05, 4.69) is 33.6 Å². The van der Waals surface area contributed by atoms with Crippen LogP contribution in [0, 0.1) is 5.41 Å². The molecule has 1 aromatic heterocycles. The van der Waals surface area contributed by atoms with Gasteiger partial charge in [-0.05, 0) is 64.0 Å². The topological polar surface area (TPSA) is 59.4 Å². The monoisotopic (exact) mass is 360 g/mol. The second kappa shape index (κ2) is 7.31. The molecular formula is C20H32N4O2. The largest absolute Gasteiger partial charge is 0.365 e. The molecule has 0 bridgehead atoms. The molecule has 26 heavy (non-hydrogen) atoms. The fraction of sp³-hybridized carbons (Fsp3) is 0.800. The third-order valence-electron chi connectivity index (χ3n) is 6.70. The maximum atomic E-state index is 13.4. The van der Waals surface area contributed by atoms with Crippen molar-refractivity contribution < 1.29 is 9.53 Å². The Kier molecular flexibility index (Phi) is 5.06. The van der Waals surface area contributed by atoms with Crippen LogP contribution in [-0.4, -0.2) is 51.7 Å². The van der Waals surface area contributed by atoms with Crippen LogP contribution in [0.2, 0.25) is 0 Å². The van der Waals surface area contributed by atoms with Gasteiger partial charge in [0.15, 0.2) is 0 Å². The van der Waals surface area contributed by atoms with E-state index < -0.39 is 0 Å². The van der Waals surface area contributed by atoms with Gasteiger partial charge in [0.2, 0.25) is 0 Å². The van der Waals surface area contributed by atoms with Crippen molar-refractivity contribution >= 4 is 5.91 Å². The van der Waals surface area contributed by atoms with Crippen LogP contribution in [0.5, 0.6) is 0 Å². The van der Waals surface area contributed by atoms with Gasteiger partial charge in [-0.15, -0.1) is 0 Å². The fourth-order valence-electron chi connectivity index (χ4n) is 4.88. The molecule has 6 nitrogen and oxygen atoms in total. The van der Waals surface area contributed by atoms with Crippen molar-refractivity contribution in [3.63, 3.8) is 0 Å². The van der Waals surface area contributed by atoms with Gasteiger partial charge in [0.1, 0.15) is 11.9 Å². The summed E-state index contributed by atoms with van der Waals surface area (Å²) in [5.41, 5.74) is 0.327. The average molecular weight is 361 g/mol. The van der Waals surface area contributed by atoms with Crippen LogP contribution in [0.4, 0.5) is 0 Å². The summed E-state index contributed by atoms with van der Waals surface area (Å²) in [7, 11) is 0. The molecule has 4 rings (SSSR count). The van der Waals surface area contributed by atoms with Gasteiger partial charge in [0.05, 0.1) is 12.6 Å². The molecular weight excluding hydrogens is 328 g/mol. The van der Waals surface area contributed by atoms with Crippen molar-refractivity contribution in [2.24, 2.45) is 5.41 Å². The molecule has 144 valence electrons. The Morgan fingerprint density at radius 2 is 2.19 bits per heavy atom. The zero-order valence-corrected chi connectivity index (χ0v) is 16.1. The van der Waals surface area contributed by atoms with Gasteiger partial charge in [0.25, 0.3) is 5.91 Å². The molecule has 3 unspecified atom stereocenters. The zero-order chi connectivity index (χ0) is 18.1. The summed E-state index contributed by atoms with van der Waals surface area (Å²) in [5.74, 6) is 1.17. The smallest absolute Gasteiger partial charge is 0.252 e. The molecule has 3 atom stereocenters. The van der Waals surface area contributed by atoms with E-state index >= 15 is 0 Å². The van der Waals surface area contributed by atoms with Crippen molar-refractivity contribution in [2.45, 2.75) is 83.7 Å². The van der Waals surface area contributed by atoms with Crippen molar-refractivity contribution in [3.05, 3.63) is 18.2 Å². The van der Waals surface area contributed by atoms with Gasteiger partial charge in [-0.2, -0.15) is 0 Å². The summed E-state index contributed by atoms with van der Waals surface area (Å²) in [4.78, 5) is 20.0. The van der Waals surface area contributed by atoms with Gasteiger partial charge < -0.3 is 19.5 Å². The number of imidazole rings is 1. The Bertz CT molecular complexity index is 638. The number of carbonyl (C=O) groups excluding carboxylic acids is 1. The standard InChI is InChI=1S/C20H32N4O2/c1-3-15-5-6-16(26-15)19(25)24(14-18-22-11-12-23(18)4-2)17-13-20(17)7-9-21-10-8-20/h11-12,15-17,21H,3-10,13-14H2,1-2H3. The number of nitrogens with zero attached hydrogens (tertiary/aromatic N) is 3.